The Morgan fingerprint density at radius 3 is 1.33 bits per heavy atom. The Balaban J connectivity index is 4.51. The molecule has 0 heterocycles. The molecule has 0 spiro atoms. The van der Waals surface area contributed by atoms with Crippen molar-refractivity contribution >= 4 is 17.9 Å². The Bertz CT molecular complexity index is 1290. The van der Waals surface area contributed by atoms with Gasteiger partial charge < -0.3 is 14.2 Å². The van der Waals surface area contributed by atoms with Crippen LogP contribution in [0.3, 0.4) is 0 Å². The number of carbonyl (C=O) groups excluding carboxylic acids is 3. The second kappa shape index (κ2) is 45.5. The summed E-state index contributed by atoms with van der Waals surface area (Å²) in [4.78, 5) is 37.7. The Morgan fingerprint density at radius 1 is 0.379 bits per heavy atom. The van der Waals surface area contributed by atoms with Crippen molar-refractivity contribution in [1.82, 2.24) is 0 Å². The highest BCUT2D eigenvalue weighted by Gasteiger charge is 2.19. The van der Waals surface area contributed by atoms with Gasteiger partial charge in [0.15, 0.2) is 6.10 Å². The van der Waals surface area contributed by atoms with Crippen LogP contribution in [0.15, 0.2) is 122 Å². The predicted octanol–water partition coefficient (Wildman–Crippen LogP) is 14.6. The molecule has 0 rings (SSSR count). The van der Waals surface area contributed by atoms with Gasteiger partial charge in [0.25, 0.3) is 0 Å². The number of hydrogen-bond donors (Lipinski definition) is 0. The standard InChI is InChI=1S/C52H80O6/c1-4-7-10-13-16-19-21-23-25-27-28-30-33-36-39-42-45-51(54)57-48-49(47-56-50(53)44-41-38-35-32-18-15-12-9-6-3)58-52(55)46-43-40-37-34-31-29-26-24-22-20-17-14-11-8-5-2/h7-12,14,16-20,22-26,32,38,41,49H,4-6,13,15,21,27-31,33-37,39-40,42-48H2,1-3H3/b10-7-,11-8-,12-9-,17-14-,19-16-,22-20-,25-23-,26-24-,32-18-,41-38-. The fourth-order valence-corrected chi connectivity index (χ4v) is 5.53. The Labute approximate surface area is 354 Å². The SMILES string of the molecule is CC\C=C/C=C\C=C/C=C\CCCCCCCC(=O)OC(COC(=O)C/C=C\C/C=C\C/C=C\CC)COC(=O)CCCCCCCC/C=C\C/C=C\C/C=C\CC. The van der Waals surface area contributed by atoms with E-state index in [2.05, 4.69) is 106 Å². The van der Waals surface area contributed by atoms with Gasteiger partial charge in [0.05, 0.1) is 6.42 Å². The van der Waals surface area contributed by atoms with Gasteiger partial charge in [0.2, 0.25) is 0 Å². The lowest BCUT2D eigenvalue weighted by atomic mass is 10.1. The molecule has 1 atom stereocenters. The molecular weight excluding hydrogens is 721 g/mol. The lowest BCUT2D eigenvalue weighted by Gasteiger charge is -2.18. The highest BCUT2D eigenvalue weighted by Crippen LogP contribution is 2.12. The third-order valence-corrected chi connectivity index (χ3v) is 8.82. The number of unbranched alkanes of at least 4 members (excludes halogenated alkanes) is 11. The average molecular weight is 801 g/mol. The molecule has 0 radical (unpaired) electrons. The molecule has 58 heavy (non-hydrogen) atoms. The van der Waals surface area contributed by atoms with Crippen LogP contribution in [0.2, 0.25) is 0 Å². The number of hydrogen-bond acceptors (Lipinski definition) is 6. The zero-order chi connectivity index (χ0) is 42.3. The molecular formula is C52H80O6. The number of carbonyl (C=O) groups is 3. The Kier molecular flexibility index (Phi) is 42.2. The maximum Gasteiger partial charge on any atom is 0.309 e. The van der Waals surface area contributed by atoms with Gasteiger partial charge in [-0.3, -0.25) is 14.4 Å². The topological polar surface area (TPSA) is 78.9 Å². The summed E-state index contributed by atoms with van der Waals surface area (Å²) in [7, 11) is 0. The third-order valence-electron chi connectivity index (χ3n) is 8.82. The van der Waals surface area contributed by atoms with Crippen LogP contribution in [0.4, 0.5) is 0 Å². The van der Waals surface area contributed by atoms with Gasteiger partial charge >= 0.3 is 17.9 Å². The molecule has 0 aliphatic rings. The normalized spacial score (nSPS) is 13.2. The van der Waals surface area contributed by atoms with Crippen molar-refractivity contribution in [3.8, 4) is 0 Å². The van der Waals surface area contributed by atoms with Crippen LogP contribution in [-0.4, -0.2) is 37.2 Å². The molecule has 0 N–H and O–H groups in total. The summed E-state index contributed by atoms with van der Waals surface area (Å²) in [6.07, 6.45) is 62.1. The minimum absolute atomic E-state index is 0.122. The molecule has 0 aromatic heterocycles. The smallest absolute Gasteiger partial charge is 0.309 e. The van der Waals surface area contributed by atoms with E-state index in [4.69, 9.17) is 14.2 Å². The molecule has 1 unspecified atom stereocenters. The van der Waals surface area contributed by atoms with E-state index in [0.29, 0.717) is 6.42 Å². The number of esters is 3. The summed E-state index contributed by atoms with van der Waals surface area (Å²) in [6.45, 7) is 6.10. The molecule has 324 valence electrons. The van der Waals surface area contributed by atoms with E-state index in [9.17, 15) is 14.4 Å². The van der Waals surface area contributed by atoms with Crippen molar-refractivity contribution in [2.45, 2.75) is 175 Å². The van der Waals surface area contributed by atoms with Crippen molar-refractivity contribution in [3.63, 3.8) is 0 Å². The fraction of sp³-hybridized carbons (Fsp3) is 0.558. The van der Waals surface area contributed by atoms with Crippen molar-refractivity contribution in [2.75, 3.05) is 13.2 Å². The van der Waals surface area contributed by atoms with E-state index in [1.54, 1.807) is 6.08 Å². The summed E-state index contributed by atoms with van der Waals surface area (Å²) in [5.74, 6) is -1.11. The molecule has 0 bridgehead atoms. The molecule has 0 saturated heterocycles. The quantitative estimate of drug-likeness (QED) is 0.0203. The molecule has 0 aliphatic heterocycles. The van der Waals surface area contributed by atoms with Gasteiger partial charge in [-0.1, -0.05) is 187 Å². The summed E-state index contributed by atoms with van der Waals surface area (Å²) in [5.41, 5.74) is 0. The summed E-state index contributed by atoms with van der Waals surface area (Å²) < 4.78 is 16.6. The van der Waals surface area contributed by atoms with Crippen LogP contribution in [-0.2, 0) is 28.6 Å². The number of allylic oxidation sites excluding steroid dienone is 19. The van der Waals surface area contributed by atoms with Crippen molar-refractivity contribution in [2.24, 2.45) is 0 Å². The van der Waals surface area contributed by atoms with Gasteiger partial charge in [-0.25, -0.2) is 0 Å². The molecule has 6 heteroatoms. The first-order valence-electron chi connectivity index (χ1n) is 22.6. The predicted molar refractivity (Wildman–Crippen MR) is 246 cm³/mol. The van der Waals surface area contributed by atoms with Crippen LogP contribution in [0.5, 0.6) is 0 Å². The van der Waals surface area contributed by atoms with Gasteiger partial charge in [-0.15, -0.1) is 0 Å². The van der Waals surface area contributed by atoms with Crippen molar-refractivity contribution < 1.29 is 28.6 Å². The monoisotopic (exact) mass is 801 g/mol. The molecule has 0 amide bonds. The summed E-state index contributed by atoms with van der Waals surface area (Å²) >= 11 is 0. The minimum Gasteiger partial charge on any atom is -0.462 e. The van der Waals surface area contributed by atoms with E-state index < -0.39 is 12.1 Å². The van der Waals surface area contributed by atoms with E-state index in [-0.39, 0.29) is 38.0 Å². The highest BCUT2D eigenvalue weighted by molar-refractivity contribution is 5.72. The molecule has 0 aromatic carbocycles. The molecule has 0 aromatic rings. The molecule has 0 saturated carbocycles. The lowest BCUT2D eigenvalue weighted by molar-refractivity contribution is -0.166. The number of ether oxygens (including phenoxy) is 3. The van der Waals surface area contributed by atoms with Crippen LogP contribution in [0.25, 0.3) is 0 Å². The van der Waals surface area contributed by atoms with E-state index in [1.807, 2.05) is 30.4 Å². The van der Waals surface area contributed by atoms with E-state index >= 15 is 0 Å². The fourth-order valence-electron chi connectivity index (χ4n) is 5.53. The minimum atomic E-state index is -0.833. The van der Waals surface area contributed by atoms with Gasteiger partial charge in [0, 0.05) is 12.8 Å². The van der Waals surface area contributed by atoms with Gasteiger partial charge in [-0.2, -0.15) is 0 Å². The first-order valence-corrected chi connectivity index (χ1v) is 22.6. The highest BCUT2D eigenvalue weighted by atomic mass is 16.6. The largest absolute Gasteiger partial charge is 0.462 e. The van der Waals surface area contributed by atoms with Crippen LogP contribution < -0.4 is 0 Å². The van der Waals surface area contributed by atoms with Crippen LogP contribution >= 0.6 is 0 Å². The van der Waals surface area contributed by atoms with Crippen molar-refractivity contribution in [1.29, 1.82) is 0 Å². The zero-order valence-corrected chi connectivity index (χ0v) is 36.8. The molecule has 0 aliphatic carbocycles. The first kappa shape index (κ1) is 53.8. The number of rotatable bonds is 38. The third kappa shape index (κ3) is 42.9. The van der Waals surface area contributed by atoms with Gasteiger partial charge in [-0.05, 0) is 83.5 Å². The Hall–Kier alpha value is -4.19. The van der Waals surface area contributed by atoms with Gasteiger partial charge in [0.1, 0.15) is 13.2 Å². The molecule has 6 nitrogen and oxygen atoms in total. The zero-order valence-electron chi connectivity index (χ0n) is 36.8. The first-order chi connectivity index (χ1) is 28.5. The van der Waals surface area contributed by atoms with E-state index in [1.165, 1.54) is 12.8 Å². The van der Waals surface area contributed by atoms with E-state index in [0.717, 1.165) is 116 Å². The molecule has 0 fully saturated rings. The Morgan fingerprint density at radius 2 is 0.776 bits per heavy atom. The average Bonchev–Trinajstić information content (AvgIpc) is 3.22. The second-order valence-electron chi connectivity index (χ2n) is 14.3. The summed E-state index contributed by atoms with van der Waals surface area (Å²) in [6, 6.07) is 0. The maximum absolute atomic E-state index is 12.7. The lowest BCUT2D eigenvalue weighted by Crippen LogP contribution is -2.30. The van der Waals surface area contributed by atoms with Crippen LogP contribution in [0, 0.1) is 0 Å². The summed E-state index contributed by atoms with van der Waals surface area (Å²) in [5, 5.41) is 0. The maximum atomic E-state index is 12.7. The van der Waals surface area contributed by atoms with Crippen LogP contribution in [0.1, 0.15) is 168 Å². The van der Waals surface area contributed by atoms with Crippen molar-refractivity contribution in [3.05, 3.63) is 122 Å². The second-order valence-corrected chi connectivity index (χ2v) is 14.3.